The fourth-order valence-corrected chi connectivity index (χ4v) is 2.12. The highest BCUT2D eigenvalue weighted by molar-refractivity contribution is 5.83. The summed E-state index contributed by atoms with van der Waals surface area (Å²) >= 11 is 0. The van der Waals surface area contributed by atoms with Crippen LogP contribution < -0.4 is 0 Å². The van der Waals surface area contributed by atoms with Gasteiger partial charge >= 0.3 is 0 Å². The van der Waals surface area contributed by atoms with Gasteiger partial charge in [0.2, 0.25) is 0 Å². The molecule has 0 bridgehead atoms. The number of imidazole rings is 1. The topological polar surface area (TPSA) is 34.9 Å². The van der Waals surface area contributed by atoms with Gasteiger partial charge in [-0.15, -0.1) is 0 Å². The van der Waals surface area contributed by atoms with E-state index in [1.807, 2.05) is 59.2 Å². The first kappa shape index (κ1) is 10.7. The van der Waals surface area contributed by atoms with Crippen LogP contribution in [0.25, 0.3) is 11.0 Å². The fourth-order valence-electron chi connectivity index (χ4n) is 2.12. The van der Waals surface area contributed by atoms with Gasteiger partial charge in [-0.05, 0) is 17.7 Å². The number of para-hydroxylation sites is 2. The first-order chi connectivity index (χ1) is 8.88. The van der Waals surface area contributed by atoms with E-state index in [1.54, 1.807) is 0 Å². The Hall–Kier alpha value is -2.42. The maximum absolute atomic E-state index is 11.1. The third-order valence-corrected chi connectivity index (χ3v) is 2.97. The molecule has 3 nitrogen and oxygen atoms in total. The molecule has 3 heteroatoms. The number of hydrogen-bond acceptors (Lipinski definition) is 2. The number of carbonyl (C=O) groups excluding carboxylic acids is 1. The van der Waals surface area contributed by atoms with Crippen LogP contribution in [0.5, 0.6) is 0 Å². The molecule has 0 amide bonds. The summed E-state index contributed by atoms with van der Waals surface area (Å²) in [5, 5.41) is 0. The molecule has 1 heterocycles. The van der Waals surface area contributed by atoms with Crippen LogP contribution in [0.4, 0.5) is 0 Å². The molecule has 0 spiro atoms. The molecule has 0 saturated heterocycles. The Balaban J connectivity index is 2.12. The Kier molecular flexibility index (Phi) is 2.65. The van der Waals surface area contributed by atoms with Crippen molar-refractivity contribution in [1.82, 2.24) is 9.55 Å². The van der Waals surface area contributed by atoms with Gasteiger partial charge in [0.25, 0.3) is 0 Å². The molecule has 0 saturated carbocycles. The van der Waals surface area contributed by atoms with Crippen LogP contribution in [-0.4, -0.2) is 15.8 Å². The van der Waals surface area contributed by atoms with E-state index < -0.39 is 0 Å². The molecule has 1 aromatic heterocycles. The minimum absolute atomic E-state index is 0.472. The molecule has 0 N–H and O–H groups in total. The zero-order chi connectivity index (χ0) is 12.4. The highest BCUT2D eigenvalue weighted by Gasteiger charge is 2.09. The second-order valence-electron chi connectivity index (χ2n) is 4.15. The number of aldehydes is 1. The van der Waals surface area contributed by atoms with E-state index in [9.17, 15) is 4.79 Å². The summed E-state index contributed by atoms with van der Waals surface area (Å²) < 4.78 is 1.94. The van der Waals surface area contributed by atoms with Gasteiger partial charge in [0.05, 0.1) is 11.0 Å². The second-order valence-corrected chi connectivity index (χ2v) is 4.15. The summed E-state index contributed by atoms with van der Waals surface area (Å²) in [4.78, 5) is 15.4. The summed E-state index contributed by atoms with van der Waals surface area (Å²) in [6, 6.07) is 17.9. The number of aromatic nitrogens is 2. The monoisotopic (exact) mass is 236 g/mol. The van der Waals surface area contributed by atoms with Crippen LogP contribution in [-0.2, 0) is 6.54 Å². The molecule has 0 atom stereocenters. The SMILES string of the molecule is O=Cc1nc2ccccc2n1Cc1ccccc1. The zero-order valence-corrected chi connectivity index (χ0v) is 9.78. The average Bonchev–Trinajstić information content (AvgIpc) is 2.78. The maximum atomic E-state index is 11.1. The van der Waals surface area contributed by atoms with Crippen molar-refractivity contribution in [2.75, 3.05) is 0 Å². The van der Waals surface area contributed by atoms with Crippen molar-refractivity contribution in [3.63, 3.8) is 0 Å². The van der Waals surface area contributed by atoms with E-state index in [-0.39, 0.29) is 0 Å². The van der Waals surface area contributed by atoms with E-state index in [0.29, 0.717) is 12.4 Å². The van der Waals surface area contributed by atoms with Gasteiger partial charge in [-0.2, -0.15) is 0 Å². The van der Waals surface area contributed by atoms with Crippen molar-refractivity contribution in [2.24, 2.45) is 0 Å². The number of benzene rings is 2. The standard InChI is InChI=1S/C15H12N2O/c18-11-15-16-13-8-4-5-9-14(13)17(15)10-12-6-2-1-3-7-12/h1-9,11H,10H2. The molecular formula is C15H12N2O. The van der Waals surface area contributed by atoms with Gasteiger partial charge in [0, 0.05) is 6.54 Å². The van der Waals surface area contributed by atoms with E-state index >= 15 is 0 Å². The first-order valence-electron chi connectivity index (χ1n) is 5.83. The Bertz CT molecular complexity index is 686. The zero-order valence-electron chi connectivity index (χ0n) is 9.78. The highest BCUT2D eigenvalue weighted by Crippen LogP contribution is 2.16. The molecule has 0 aliphatic heterocycles. The molecule has 2 aromatic carbocycles. The summed E-state index contributed by atoms with van der Waals surface area (Å²) in [6.45, 7) is 0.662. The lowest BCUT2D eigenvalue weighted by atomic mass is 10.2. The Labute approximate surface area is 105 Å². The summed E-state index contributed by atoms with van der Waals surface area (Å²) in [5.41, 5.74) is 3.00. The van der Waals surface area contributed by atoms with Crippen molar-refractivity contribution >= 4 is 17.3 Å². The molecule has 3 aromatic rings. The molecule has 0 aliphatic rings. The van der Waals surface area contributed by atoms with Gasteiger partial charge in [0.1, 0.15) is 0 Å². The van der Waals surface area contributed by atoms with E-state index in [1.165, 1.54) is 0 Å². The van der Waals surface area contributed by atoms with Gasteiger partial charge in [-0.3, -0.25) is 4.79 Å². The Morgan fingerprint density at radius 2 is 1.72 bits per heavy atom. The minimum Gasteiger partial charge on any atom is -0.317 e. The van der Waals surface area contributed by atoms with E-state index in [2.05, 4.69) is 4.98 Å². The number of hydrogen-bond donors (Lipinski definition) is 0. The van der Waals surface area contributed by atoms with Crippen molar-refractivity contribution in [1.29, 1.82) is 0 Å². The first-order valence-corrected chi connectivity index (χ1v) is 5.83. The number of rotatable bonds is 3. The van der Waals surface area contributed by atoms with Crippen LogP contribution in [0.1, 0.15) is 16.2 Å². The van der Waals surface area contributed by atoms with Crippen LogP contribution in [0.15, 0.2) is 54.6 Å². The van der Waals surface area contributed by atoms with Gasteiger partial charge in [-0.25, -0.2) is 4.98 Å². The fraction of sp³-hybridized carbons (Fsp3) is 0.0667. The summed E-state index contributed by atoms with van der Waals surface area (Å²) in [5.74, 6) is 0.472. The lowest BCUT2D eigenvalue weighted by molar-refractivity contribution is 0.111. The van der Waals surface area contributed by atoms with Crippen molar-refractivity contribution in [3.8, 4) is 0 Å². The third kappa shape index (κ3) is 1.80. The summed E-state index contributed by atoms with van der Waals surface area (Å²) in [7, 11) is 0. The van der Waals surface area contributed by atoms with E-state index in [0.717, 1.165) is 22.9 Å². The molecule has 88 valence electrons. The van der Waals surface area contributed by atoms with Gasteiger partial charge in [0.15, 0.2) is 12.1 Å². The van der Waals surface area contributed by atoms with Crippen LogP contribution in [0.2, 0.25) is 0 Å². The molecule has 0 fully saturated rings. The van der Waals surface area contributed by atoms with Crippen molar-refractivity contribution in [2.45, 2.75) is 6.54 Å². The van der Waals surface area contributed by atoms with Crippen LogP contribution in [0.3, 0.4) is 0 Å². The van der Waals surface area contributed by atoms with Crippen molar-refractivity contribution < 1.29 is 4.79 Å². The average molecular weight is 236 g/mol. The maximum Gasteiger partial charge on any atom is 0.185 e. The molecule has 18 heavy (non-hydrogen) atoms. The second kappa shape index (κ2) is 4.45. The lowest BCUT2D eigenvalue weighted by Gasteiger charge is -2.06. The van der Waals surface area contributed by atoms with Crippen LogP contribution >= 0.6 is 0 Å². The number of fused-ring (bicyclic) bond motifs is 1. The molecule has 0 radical (unpaired) electrons. The molecule has 0 aliphatic carbocycles. The highest BCUT2D eigenvalue weighted by atomic mass is 16.1. The smallest absolute Gasteiger partial charge is 0.185 e. The lowest BCUT2D eigenvalue weighted by Crippen LogP contribution is -2.04. The molecule has 3 rings (SSSR count). The van der Waals surface area contributed by atoms with Gasteiger partial charge < -0.3 is 4.57 Å². The predicted octanol–water partition coefficient (Wildman–Crippen LogP) is 2.90. The predicted molar refractivity (Wildman–Crippen MR) is 70.7 cm³/mol. The third-order valence-electron chi connectivity index (χ3n) is 2.97. The van der Waals surface area contributed by atoms with Crippen molar-refractivity contribution in [3.05, 3.63) is 66.0 Å². The number of carbonyl (C=O) groups is 1. The molecular weight excluding hydrogens is 224 g/mol. The number of nitrogens with zero attached hydrogens (tertiary/aromatic N) is 2. The van der Waals surface area contributed by atoms with E-state index in [4.69, 9.17) is 0 Å². The van der Waals surface area contributed by atoms with Gasteiger partial charge in [-0.1, -0.05) is 42.5 Å². The minimum atomic E-state index is 0.472. The Morgan fingerprint density at radius 3 is 2.50 bits per heavy atom. The molecule has 0 unspecified atom stereocenters. The normalized spacial score (nSPS) is 10.7. The Morgan fingerprint density at radius 1 is 1.00 bits per heavy atom. The quantitative estimate of drug-likeness (QED) is 0.655. The van der Waals surface area contributed by atoms with Crippen LogP contribution in [0, 0.1) is 0 Å². The largest absolute Gasteiger partial charge is 0.317 e. The summed E-state index contributed by atoms with van der Waals surface area (Å²) in [6.07, 6.45) is 0.808.